The van der Waals surface area contributed by atoms with Gasteiger partial charge in [0.1, 0.15) is 10.8 Å². The molecule has 3 fully saturated rings. The average Bonchev–Trinajstić information content (AvgIpc) is 3.88. The SMILES string of the molecule is Cc1cc(Nc2ncc(Cl)c(Nc3cn(C)nc3S(=O)(=O)C(C)C)n2)c(OC2CC2)cc1[C@H]1CC[C@@H](NC2CC2)CC1. The molecule has 12 heteroatoms. The quantitative estimate of drug-likeness (QED) is 0.233. The van der Waals surface area contributed by atoms with E-state index in [9.17, 15) is 8.42 Å². The lowest BCUT2D eigenvalue weighted by Crippen LogP contribution is -2.34. The number of sulfone groups is 1. The Labute approximate surface area is 252 Å². The molecule has 0 radical (unpaired) electrons. The Balaban J connectivity index is 1.23. The summed E-state index contributed by atoms with van der Waals surface area (Å²) in [5.74, 6) is 1.92. The summed E-state index contributed by atoms with van der Waals surface area (Å²) in [4.78, 5) is 8.99. The lowest BCUT2D eigenvalue weighted by atomic mass is 9.80. The predicted octanol–water partition coefficient (Wildman–Crippen LogP) is 6.16. The molecule has 2 heterocycles. The van der Waals surface area contributed by atoms with Gasteiger partial charge in [0.25, 0.3) is 0 Å². The largest absolute Gasteiger partial charge is 0.488 e. The Morgan fingerprint density at radius 3 is 2.33 bits per heavy atom. The van der Waals surface area contributed by atoms with Crippen molar-refractivity contribution < 1.29 is 13.2 Å². The maximum Gasteiger partial charge on any atom is 0.229 e. The fourth-order valence-corrected chi connectivity index (χ4v) is 6.85. The predicted molar refractivity (Wildman–Crippen MR) is 165 cm³/mol. The van der Waals surface area contributed by atoms with E-state index in [1.165, 1.54) is 60.5 Å². The van der Waals surface area contributed by atoms with Crippen LogP contribution in [0.4, 0.5) is 23.1 Å². The average molecular weight is 614 g/mol. The summed E-state index contributed by atoms with van der Waals surface area (Å²) in [6.45, 7) is 5.41. The van der Waals surface area contributed by atoms with Crippen molar-refractivity contribution in [2.45, 2.75) is 107 Å². The summed E-state index contributed by atoms with van der Waals surface area (Å²) in [6, 6.07) is 5.74. The molecule has 6 rings (SSSR count). The van der Waals surface area contributed by atoms with Crippen LogP contribution in [0, 0.1) is 6.92 Å². The van der Waals surface area contributed by atoms with Crippen molar-refractivity contribution >= 4 is 44.6 Å². The molecule has 226 valence electrons. The van der Waals surface area contributed by atoms with Crippen molar-refractivity contribution in [2.75, 3.05) is 10.6 Å². The first-order valence-electron chi connectivity index (χ1n) is 15.0. The third-order valence-corrected chi connectivity index (χ3v) is 10.7. The van der Waals surface area contributed by atoms with Crippen LogP contribution in [0.25, 0.3) is 0 Å². The fraction of sp³-hybridized carbons (Fsp3) is 0.567. The second-order valence-electron chi connectivity index (χ2n) is 12.3. The lowest BCUT2D eigenvalue weighted by molar-refractivity contribution is 0.303. The number of rotatable bonds is 11. The smallest absolute Gasteiger partial charge is 0.229 e. The van der Waals surface area contributed by atoms with Gasteiger partial charge in [-0.3, -0.25) is 4.68 Å². The molecule has 2 aromatic heterocycles. The van der Waals surface area contributed by atoms with Gasteiger partial charge in [0.15, 0.2) is 5.82 Å². The van der Waals surface area contributed by atoms with Crippen LogP contribution in [0.3, 0.4) is 0 Å². The van der Waals surface area contributed by atoms with Crippen LogP contribution in [-0.4, -0.2) is 51.6 Å². The minimum Gasteiger partial charge on any atom is -0.488 e. The highest BCUT2D eigenvalue weighted by molar-refractivity contribution is 7.92. The molecule has 0 aliphatic heterocycles. The standard InChI is InChI=1S/C30H40ClN7O3S/c1-17(2)42(39,40)29-26(16-38(4)37-29)34-28-24(31)15-32-30(36-28)35-25-13-18(3)23(14-27(25)41-22-11-12-22)19-5-7-20(8-6-19)33-21-9-10-21/h13-17,19-22,33H,5-12H2,1-4H3,(H2,32,34,35,36)/t19-,20+. The highest BCUT2D eigenvalue weighted by Crippen LogP contribution is 2.42. The molecule has 0 spiro atoms. The zero-order valence-corrected chi connectivity index (χ0v) is 26.2. The maximum atomic E-state index is 12.9. The van der Waals surface area contributed by atoms with E-state index in [0.717, 1.165) is 30.3 Å². The molecule has 1 aromatic carbocycles. The number of ether oxygens (including phenoxy) is 1. The number of nitrogens with one attached hydrogen (secondary N) is 3. The van der Waals surface area contributed by atoms with Gasteiger partial charge in [-0.05, 0) is 101 Å². The van der Waals surface area contributed by atoms with Crippen LogP contribution in [0.2, 0.25) is 5.02 Å². The number of nitrogens with zero attached hydrogens (tertiary/aromatic N) is 4. The normalized spacial score (nSPS) is 21.0. The number of hydrogen-bond donors (Lipinski definition) is 3. The van der Waals surface area contributed by atoms with Crippen molar-refractivity contribution in [3.8, 4) is 5.75 Å². The minimum atomic E-state index is -3.63. The first kappa shape index (κ1) is 29.2. The van der Waals surface area contributed by atoms with Gasteiger partial charge >= 0.3 is 0 Å². The second kappa shape index (κ2) is 11.7. The highest BCUT2D eigenvalue weighted by Gasteiger charge is 2.31. The summed E-state index contributed by atoms with van der Waals surface area (Å²) < 4.78 is 33.6. The molecule has 0 unspecified atom stereocenters. The van der Waals surface area contributed by atoms with E-state index in [2.05, 4.69) is 50.1 Å². The Kier molecular flexibility index (Phi) is 8.10. The highest BCUT2D eigenvalue weighted by atomic mass is 35.5. The Hall–Kier alpha value is -2.89. The third-order valence-electron chi connectivity index (χ3n) is 8.33. The van der Waals surface area contributed by atoms with Crippen LogP contribution in [0.15, 0.2) is 29.6 Å². The number of halogens is 1. The molecule has 0 atom stereocenters. The molecular formula is C30H40ClN7O3S. The van der Waals surface area contributed by atoms with Gasteiger partial charge in [0.05, 0.1) is 28.9 Å². The maximum absolute atomic E-state index is 12.9. The van der Waals surface area contributed by atoms with E-state index in [4.69, 9.17) is 16.3 Å². The van der Waals surface area contributed by atoms with Crippen molar-refractivity contribution in [1.29, 1.82) is 0 Å². The summed E-state index contributed by atoms with van der Waals surface area (Å²) in [5, 5.41) is 14.0. The summed E-state index contributed by atoms with van der Waals surface area (Å²) in [7, 11) is -1.96. The van der Waals surface area contributed by atoms with Crippen LogP contribution in [0.5, 0.6) is 5.75 Å². The number of aryl methyl sites for hydroxylation is 2. The number of aromatic nitrogens is 4. The Morgan fingerprint density at radius 2 is 1.69 bits per heavy atom. The van der Waals surface area contributed by atoms with Crippen molar-refractivity contribution in [2.24, 2.45) is 7.05 Å². The molecule has 0 amide bonds. The van der Waals surface area contributed by atoms with Crippen molar-refractivity contribution in [3.05, 3.63) is 40.7 Å². The Bertz CT molecular complexity index is 1560. The molecule has 3 N–H and O–H groups in total. The molecule has 3 aliphatic rings. The fourth-order valence-electron chi connectivity index (χ4n) is 5.61. The summed E-state index contributed by atoms with van der Waals surface area (Å²) in [6.07, 6.45) is 12.9. The van der Waals surface area contributed by atoms with E-state index < -0.39 is 15.1 Å². The van der Waals surface area contributed by atoms with Gasteiger partial charge in [-0.15, -0.1) is 0 Å². The van der Waals surface area contributed by atoms with Gasteiger partial charge < -0.3 is 20.7 Å². The van der Waals surface area contributed by atoms with Crippen LogP contribution >= 0.6 is 11.6 Å². The van der Waals surface area contributed by atoms with Gasteiger partial charge in [-0.1, -0.05) is 11.6 Å². The minimum absolute atomic E-state index is 0.0483. The summed E-state index contributed by atoms with van der Waals surface area (Å²) >= 11 is 6.45. The first-order valence-corrected chi connectivity index (χ1v) is 16.9. The molecule has 3 saturated carbocycles. The molecule has 10 nitrogen and oxygen atoms in total. The van der Waals surface area contributed by atoms with Gasteiger partial charge in [-0.25, -0.2) is 13.4 Å². The van der Waals surface area contributed by atoms with Gasteiger partial charge in [0, 0.05) is 25.3 Å². The van der Waals surface area contributed by atoms with Gasteiger partial charge in [0.2, 0.25) is 20.8 Å². The van der Waals surface area contributed by atoms with Crippen LogP contribution < -0.4 is 20.7 Å². The topological polar surface area (TPSA) is 123 Å². The molecule has 3 aliphatic carbocycles. The van der Waals surface area contributed by atoms with E-state index in [1.807, 2.05) is 0 Å². The van der Waals surface area contributed by atoms with E-state index >= 15 is 0 Å². The van der Waals surface area contributed by atoms with Crippen molar-refractivity contribution in [1.82, 2.24) is 25.1 Å². The van der Waals surface area contributed by atoms with E-state index in [0.29, 0.717) is 23.6 Å². The van der Waals surface area contributed by atoms with Crippen LogP contribution in [0.1, 0.15) is 82.3 Å². The monoisotopic (exact) mass is 613 g/mol. The molecule has 0 saturated heterocycles. The van der Waals surface area contributed by atoms with Gasteiger partial charge in [-0.2, -0.15) is 10.1 Å². The van der Waals surface area contributed by atoms with E-state index in [-0.39, 0.29) is 22.0 Å². The number of benzene rings is 1. The number of anilines is 4. The second-order valence-corrected chi connectivity index (χ2v) is 15.1. The van der Waals surface area contributed by atoms with Crippen molar-refractivity contribution in [3.63, 3.8) is 0 Å². The lowest BCUT2D eigenvalue weighted by Gasteiger charge is -2.31. The molecule has 3 aromatic rings. The molecule has 42 heavy (non-hydrogen) atoms. The summed E-state index contributed by atoms with van der Waals surface area (Å²) in [5.41, 5.74) is 3.67. The van der Waals surface area contributed by atoms with E-state index in [1.54, 1.807) is 27.1 Å². The number of hydrogen-bond acceptors (Lipinski definition) is 9. The zero-order chi connectivity index (χ0) is 29.6. The molecular weight excluding hydrogens is 574 g/mol. The third kappa shape index (κ3) is 6.53. The Morgan fingerprint density at radius 1 is 1.00 bits per heavy atom. The molecule has 0 bridgehead atoms. The zero-order valence-electron chi connectivity index (χ0n) is 24.7. The first-order chi connectivity index (χ1) is 20.1. The van der Waals surface area contributed by atoms with Crippen LogP contribution in [-0.2, 0) is 16.9 Å².